The number of carbonyl (C=O) groups excluding carboxylic acids is 2. The summed E-state index contributed by atoms with van der Waals surface area (Å²) < 4.78 is 0. The molecule has 2 aliphatic rings. The summed E-state index contributed by atoms with van der Waals surface area (Å²) in [5.41, 5.74) is 0.444. The Labute approximate surface area is 291 Å². The maximum atomic E-state index is 12.3. The van der Waals surface area contributed by atoms with Crippen LogP contribution in [0.15, 0.2) is 0 Å². The van der Waals surface area contributed by atoms with Crippen LogP contribution < -0.4 is 10.6 Å². The van der Waals surface area contributed by atoms with E-state index in [2.05, 4.69) is 93.7 Å². The summed E-state index contributed by atoms with van der Waals surface area (Å²) in [4.78, 5) is 22.9. The average molecular weight is 665 g/mol. The van der Waals surface area contributed by atoms with Gasteiger partial charge >= 0.3 is 0 Å². The first-order valence-electron chi connectivity index (χ1n) is 19.2. The van der Waals surface area contributed by atoms with Gasteiger partial charge in [-0.1, -0.05) is 95.9 Å². The minimum atomic E-state index is -0.243. The molecule has 0 heterocycles. The normalized spacial score (nSPS) is 29.1. The van der Waals surface area contributed by atoms with Crippen LogP contribution in [0.2, 0.25) is 0 Å². The SMILES string of the molecule is CC(C)(C)C1CC(CCC=O)CC(C(C)(C)C)C1O.CNCCCCCCNC(=O)CCC1CC(C(C)(C)C)C(O)C(C(C)(C)C)C1. The molecule has 0 aromatic rings. The lowest BCUT2D eigenvalue weighted by molar-refractivity contribution is -0.122. The summed E-state index contributed by atoms with van der Waals surface area (Å²) >= 11 is 0. The number of carbonyl (C=O) groups is 2. The number of hydrogen-bond donors (Lipinski definition) is 4. The van der Waals surface area contributed by atoms with Gasteiger partial charge in [0.05, 0.1) is 12.2 Å². The van der Waals surface area contributed by atoms with Crippen LogP contribution in [0.3, 0.4) is 0 Å². The number of aliphatic hydroxyl groups excluding tert-OH is 2. The van der Waals surface area contributed by atoms with Crippen molar-refractivity contribution >= 4 is 12.2 Å². The Kier molecular flexibility index (Phi) is 18.2. The van der Waals surface area contributed by atoms with Crippen molar-refractivity contribution in [3.8, 4) is 0 Å². The molecular formula is C41H80N2O4. The average Bonchev–Trinajstić information content (AvgIpc) is 2.93. The Balaban J connectivity index is 0.000000506. The summed E-state index contributed by atoms with van der Waals surface area (Å²) in [6, 6.07) is 0. The number of hydrogen-bond acceptors (Lipinski definition) is 5. The molecule has 4 atom stereocenters. The number of unbranched alkanes of at least 4 members (excludes halogenated alkanes) is 3. The quantitative estimate of drug-likeness (QED) is 0.117. The van der Waals surface area contributed by atoms with Gasteiger partial charge in [-0.05, 0) is 122 Å². The number of aldehydes is 1. The van der Waals surface area contributed by atoms with Crippen LogP contribution in [0, 0.1) is 57.2 Å². The van der Waals surface area contributed by atoms with Crippen molar-refractivity contribution < 1.29 is 19.8 Å². The van der Waals surface area contributed by atoms with E-state index in [-0.39, 0.29) is 39.8 Å². The van der Waals surface area contributed by atoms with E-state index < -0.39 is 0 Å². The minimum absolute atomic E-state index is 0.0944. The van der Waals surface area contributed by atoms with Gasteiger partial charge in [-0.2, -0.15) is 0 Å². The monoisotopic (exact) mass is 665 g/mol. The predicted octanol–water partition coefficient (Wildman–Crippen LogP) is 8.82. The Morgan fingerprint density at radius 3 is 1.32 bits per heavy atom. The van der Waals surface area contributed by atoms with Crippen LogP contribution in [0.25, 0.3) is 0 Å². The molecule has 2 rings (SSSR count). The molecule has 2 fully saturated rings. The fourth-order valence-electron chi connectivity index (χ4n) is 8.42. The lowest BCUT2D eigenvalue weighted by Gasteiger charge is -2.49. The maximum absolute atomic E-state index is 12.3. The van der Waals surface area contributed by atoms with Crippen molar-refractivity contribution in [2.45, 2.75) is 172 Å². The zero-order valence-electron chi connectivity index (χ0n) is 33.3. The molecule has 4 unspecified atom stereocenters. The second-order valence-electron chi connectivity index (χ2n) is 19.7. The third-order valence-electron chi connectivity index (χ3n) is 11.6. The Hall–Kier alpha value is -0.980. The van der Waals surface area contributed by atoms with Gasteiger partial charge in [0, 0.05) is 19.4 Å². The molecule has 2 aliphatic carbocycles. The third-order valence-corrected chi connectivity index (χ3v) is 11.6. The summed E-state index contributed by atoms with van der Waals surface area (Å²) in [5, 5.41) is 28.1. The summed E-state index contributed by atoms with van der Waals surface area (Å²) in [6.45, 7) is 28.7. The van der Waals surface area contributed by atoms with E-state index in [1.54, 1.807) is 0 Å². The van der Waals surface area contributed by atoms with E-state index in [9.17, 15) is 19.8 Å². The molecule has 0 bridgehead atoms. The Morgan fingerprint density at radius 1 is 0.617 bits per heavy atom. The molecule has 2 saturated carbocycles. The van der Waals surface area contributed by atoms with E-state index in [4.69, 9.17) is 0 Å². The van der Waals surface area contributed by atoms with Crippen LogP contribution in [0.5, 0.6) is 0 Å². The second kappa shape index (κ2) is 19.4. The van der Waals surface area contributed by atoms with E-state index in [1.807, 2.05) is 7.05 Å². The lowest BCUT2D eigenvalue weighted by Crippen LogP contribution is -2.47. The lowest BCUT2D eigenvalue weighted by atomic mass is 9.58. The molecule has 0 saturated heterocycles. The van der Waals surface area contributed by atoms with Crippen molar-refractivity contribution in [3.63, 3.8) is 0 Å². The van der Waals surface area contributed by atoms with Crippen molar-refractivity contribution in [2.75, 3.05) is 20.1 Å². The third kappa shape index (κ3) is 15.6. The Morgan fingerprint density at radius 2 is 0.979 bits per heavy atom. The van der Waals surface area contributed by atoms with Gasteiger partial charge in [0.25, 0.3) is 0 Å². The number of aliphatic hydroxyl groups is 2. The van der Waals surface area contributed by atoms with Gasteiger partial charge in [0.1, 0.15) is 6.29 Å². The van der Waals surface area contributed by atoms with E-state index in [1.165, 1.54) is 19.3 Å². The minimum Gasteiger partial charge on any atom is -0.393 e. The molecular weight excluding hydrogens is 584 g/mol. The van der Waals surface area contributed by atoms with Crippen LogP contribution in [-0.4, -0.2) is 54.8 Å². The highest BCUT2D eigenvalue weighted by Gasteiger charge is 2.47. The first-order valence-corrected chi connectivity index (χ1v) is 19.2. The maximum Gasteiger partial charge on any atom is 0.220 e. The molecule has 278 valence electrons. The predicted molar refractivity (Wildman–Crippen MR) is 199 cm³/mol. The number of nitrogens with one attached hydrogen (secondary N) is 2. The second-order valence-corrected chi connectivity index (χ2v) is 19.7. The molecule has 1 amide bonds. The molecule has 0 aromatic carbocycles. The highest BCUT2D eigenvalue weighted by molar-refractivity contribution is 5.75. The van der Waals surface area contributed by atoms with Gasteiger partial charge in [0.15, 0.2) is 0 Å². The molecule has 0 radical (unpaired) electrons. The standard InChI is InChI=1S/C24H48N2O2.C17H32O2/c1-23(2,3)19-16-18(17-20(22(19)28)24(4,5)6)12-13-21(27)26-15-11-9-8-10-14-25-7;1-16(2,3)13-10-12(8-7-9-18)11-14(15(13)19)17(4,5)6/h18-20,22,25,28H,8-17H2,1-7H3,(H,26,27);9,12-15,19H,7-8,10-11H2,1-6H3. The fraction of sp³-hybridized carbons (Fsp3) is 0.951. The number of amides is 1. The Bertz CT molecular complexity index is 843. The van der Waals surface area contributed by atoms with Crippen LogP contribution in [-0.2, 0) is 9.59 Å². The van der Waals surface area contributed by atoms with Crippen LogP contribution >= 0.6 is 0 Å². The van der Waals surface area contributed by atoms with Crippen molar-refractivity contribution in [1.29, 1.82) is 0 Å². The summed E-state index contributed by atoms with van der Waals surface area (Å²) in [5.74, 6) is 2.59. The largest absolute Gasteiger partial charge is 0.393 e. The van der Waals surface area contributed by atoms with Gasteiger partial charge in [-0.3, -0.25) is 4.79 Å². The van der Waals surface area contributed by atoms with Crippen LogP contribution in [0.1, 0.15) is 160 Å². The number of rotatable bonds is 13. The molecule has 0 spiro atoms. The van der Waals surface area contributed by atoms with E-state index >= 15 is 0 Å². The molecule has 6 heteroatoms. The highest BCUT2D eigenvalue weighted by atomic mass is 16.3. The molecule has 47 heavy (non-hydrogen) atoms. The summed E-state index contributed by atoms with van der Waals surface area (Å²) in [6.07, 6.45) is 12.7. The zero-order valence-corrected chi connectivity index (χ0v) is 33.3. The van der Waals surface area contributed by atoms with Gasteiger partial charge in [0.2, 0.25) is 5.91 Å². The summed E-state index contributed by atoms with van der Waals surface area (Å²) in [7, 11) is 1.99. The molecule has 4 N–H and O–H groups in total. The molecule has 6 nitrogen and oxygen atoms in total. The van der Waals surface area contributed by atoms with Crippen LogP contribution in [0.4, 0.5) is 0 Å². The van der Waals surface area contributed by atoms with Crippen molar-refractivity contribution in [2.24, 2.45) is 57.2 Å². The van der Waals surface area contributed by atoms with E-state index in [0.29, 0.717) is 48.3 Å². The fourth-order valence-corrected chi connectivity index (χ4v) is 8.42. The highest BCUT2D eigenvalue weighted by Crippen LogP contribution is 2.50. The van der Waals surface area contributed by atoms with E-state index in [0.717, 1.165) is 64.3 Å². The zero-order chi connectivity index (χ0) is 36.2. The van der Waals surface area contributed by atoms with Crippen molar-refractivity contribution in [3.05, 3.63) is 0 Å². The first kappa shape index (κ1) is 44.0. The topological polar surface area (TPSA) is 98.7 Å². The first-order chi connectivity index (χ1) is 21.5. The molecule has 0 aromatic heterocycles. The van der Waals surface area contributed by atoms with Gasteiger partial charge < -0.3 is 25.6 Å². The van der Waals surface area contributed by atoms with Gasteiger partial charge in [-0.25, -0.2) is 0 Å². The van der Waals surface area contributed by atoms with Gasteiger partial charge in [-0.15, -0.1) is 0 Å². The smallest absolute Gasteiger partial charge is 0.220 e. The van der Waals surface area contributed by atoms with Crippen molar-refractivity contribution in [1.82, 2.24) is 10.6 Å². The molecule has 0 aliphatic heterocycles.